The van der Waals surface area contributed by atoms with Crippen molar-refractivity contribution >= 4 is 17.2 Å². The molecule has 0 aromatic heterocycles. The SMILES string of the molecule is CCOc1cccc(Oc2ccccc2C(N)=S)c1. The smallest absolute Gasteiger partial charge is 0.137 e. The van der Waals surface area contributed by atoms with Gasteiger partial charge in [-0.05, 0) is 31.2 Å². The first kappa shape index (κ1) is 13.4. The zero-order valence-electron chi connectivity index (χ0n) is 10.6. The number of rotatable bonds is 5. The molecule has 0 spiro atoms. The van der Waals surface area contributed by atoms with Gasteiger partial charge in [0.15, 0.2) is 0 Å². The summed E-state index contributed by atoms with van der Waals surface area (Å²) >= 11 is 5.01. The summed E-state index contributed by atoms with van der Waals surface area (Å²) in [4.78, 5) is 0.316. The zero-order chi connectivity index (χ0) is 13.7. The Hall–Kier alpha value is -2.07. The number of ether oxygens (including phenoxy) is 2. The molecule has 0 saturated carbocycles. The average molecular weight is 273 g/mol. The van der Waals surface area contributed by atoms with E-state index in [1.165, 1.54) is 0 Å². The van der Waals surface area contributed by atoms with Gasteiger partial charge in [-0.1, -0.05) is 30.4 Å². The Labute approximate surface area is 118 Å². The molecular formula is C15H15NO2S. The number of para-hydroxylation sites is 1. The normalized spacial score (nSPS) is 9.95. The van der Waals surface area contributed by atoms with E-state index in [4.69, 9.17) is 27.4 Å². The summed E-state index contributed by atoms with van der Waals surface area (Å²) in [5.74, 6) is 2.10. The zero-order valence-corrected chi connectivity index (χ0v) is 11.4. The van der Waals surface area contributed by atoms with Gasteiger partial charge in [0.2, 0.25) is 0 Å². The fourth-order valence-electron chi connectivity index (χ4n) is 1.68. The first-order valence-electron chi connectivity index (χ1n) is 6.00. The van der Waals surface area contributed by atoms with Crippen molar-refractivity contribution in [3.05, 3.63) is 54.1 Å². The minimum absolute atomic E-state index is 0.316. The van der Waals surface area contributed by atoms with Crippen molar-refractivity contribution in [1.82, 2.24) is 0 Å². The van der Waals surface area contributed by atoms with Gasteiger partial charge in [0.25, 0.3) is 0 Å². The third-order valence-electron chi connectivity index (χ3n) is 2.50. The predicted octanol–water partition coefficient (Wildman–Crippen LogP) is 3.51. The van der Waals surface area contributed by atoms with Gasteiger partial charge in [-0.2, -0.15) is 0 Å². The van der Waals surface area contributed by atoms with E-state index >= 15 is 0 Å². The van der Waals surface area contributed by atoms with Crippen LogP contribution >= 0.6 is 12.2 Å². The molecule has 3 nitrogen and oxygen atoms in total. The van der Waals surface area contributed by atoms with Crippen LogP contribution in [-0.2, 0) is 0 Å². The monoisotopic (exact) mass is 273 g/mol. The third-order valence-corrected chi connectivity index (χ3v) is 2.72. The van der Waals surface area contributed by atoms with Crippen molar-refractivity contribution in [3.8, 4) is 17.2 Å². The highest BCUT2D eigenvalue weighted by Gasteiger charge is 2.07. The molecule has 0 atom stereocenters. The van der Waals surface area contributed by atoms with Crippen LogP contribution in [0.2, 0.25) is 0 Å². The lowest BCUT2D eigenvalue weighted by molar-refractivity contribution is 0.338. The number of nitrogens with two attached hydrogens (primary N) is 1. The molecule has 0 amide bonds. The van der Waals surface area contributed by atoms with Gasteiger partial charge in [-0.15, -0.1) is 0 Å². The van der Waals surface area contributed by atoms with Crippen molar-refractivity contribution in [2.24, 2.45) is 5.73 Å². The van der Waals surface area contributed by atoms with E-state index in [9.17, 15) is 0 Å². The first-order valence-corrected chi connectivity index (χ1v) is 6.41. The Morgan fingerprint density at radius 2 is 1.84 bits per heavy atom. The molecule has 0 aliphatic heterocycles. The fourth-order valence-corrected chi connectivity index (χ4v) is 1.85. The van der Waals surface area contributed by atoms with Crippen LogP contribution in [0.3, 0.4) is 0 Å². The highest BCUT2D eigenvalue weighted by Crippen LogP contribution is 2.27. The van der Waals surface area contributed by atoms with Gasteiger partial charge < -0.3 is 15.2 Å². The molecule has 0 unspecified atom stereocenters. The topological polar surface area (TPSA) is 44.5 Å². The second-order valence-corrected chi connectivity index (χ2v) is 4.31. The third kappa shape index (κ3) is 3.45. The average Bonchev–Trinajstić information content (AvgIpc) is 2.40. The maximum Gasteiger partial charge on any atom is 0.137 e. The lowest BCUT2D eigenvalue weighted by Gasteiger charge is -2.11. The van der Waals surface area contributed by atoms with E-state index in [1.54, 1.807) is 0 Å². The van der Waals surface area contributed by atoms with Crippen molar-refractivity contribution in [2.45, 2.75) is 6.92 Å². The number of hydrogen-bond acceptors (Lipinski definition) is 3. The molecule has 2 rings (SSSR count). The molecule has 0 fully saturated rings. The molecule has 4 heteroatoms. The van der Waals surface area contributed by atoms with E-state index < -0.39 is 0 Å². The second kappa shape index (κ2) is 6.20. The lowest BCUT2D eigenvalue weighted by atomic mass is 10.2. The van der Waals surface area contributed by atoms with Gasteiger partial charge in [-0.3, -0.25) is 0 Å². The molecule has 0 radical (unpaired) electrons. The molecule has 0 heterocycles. The van der Waals surface area contributed by atoms with Crippen LogP contribution < -0.4 is 15.2 Å². The maximum atomic E-state index is 5.81. The van der Waals surface area contributed by atoms with Gasteiger partial charge in [0.1, 0.15) is 22.2 Å². The Kier molecular flexibility index (Phi) is 4.36. The van der Waals surface area contributed by atoms with Crippen LogP contribution in [0, 0.1) is 0 Å². The maximum absolute atomic E-state index is 5.81. The quantitative estimate of drug-likeness (QED) is 0.847. The number of thiocarbonyl (C=S) groups is 1. The summed E-state index contributed by atoms with van der Waals surface area (Å²) in [6.45, 7) is 2.56. The van der Waals surface area contributed by atoms with Crippen LogP contribution in [0.4, 0.5) is 0 Å². The highest BCUT2D eigenvalue weighted by atomic mass is 32.1. The number of benzene rings is 2. The van der Waals surface area contributed by atoms with E-state index in [0.29, 0.717) is 23.1 Å². The van der Waals surface area contributed by atoms with Crippen molar-refractivity contribution in [3.63, 3.8) is 0 Å². The first-order chi connectivity index (χ1) is 9.20. The summed E-state index contributed by atoms with van der Waals surface area (Å²) in [6.07, 6.45) is 0. The van der Waals surface area contributed by atoms with E-state index in [1.807, 2.05) is 55.5 Å². The Balaban J connectivity index is 2.26. The highest BCUT2D eigenvalue weighted by molar-refractivity contribution is 7.80. The Morgan fingerprint density at radius 3 is 2.58 bits per heavy atom. The lowest BCUT2D eigenvalue weighted by Crippen LogP contribution is -2.10. The molecule has 0 aliphatic carbocycles. The summed E-state index contributed by atoms with van der Waals surface area (Å²) in [6, 6.07) is 14.9. The van der Waals surface area contributed by atoms with E-state index in [0.717, 1.165) is 11.3 Å². The summed E-state index contributed by atoms with van der Waals surface area (Å²) < 4.78 is 11.2. The van der Waals surface area contributed by atoms with Gasteiger partial charge in [-0.25, -0.2) is 0 Å². The predicted molar refractivity (Wildman–Crippen MR) is 80.0 cm³/mol. The Morgan fingerprint density at radius 1 is 1.11 bits per heavy atom. The Bertz CT molecular complexity index is 584. The molecular weight excluding hydrogens is 258 g/mol. The largest absolute Gasteiger partial charge is 0.494 e. The molecule has 0 aliphatic rings. The van der Waals surface area contributed by atoms with Crippen LogP contribution in [0.25, 0.3) is 0 Å². The van der Waals surface area contributed by atoms with Crippen molar-refractivity contribution < 1.29 is 9.47 Å². The molecule has 19 heavy (non-hydrogen) atoms. The van der Waals surface area contributed by atoms with Gasteiger partial charge in [0, 0.05) is 6.07 Å². The molecule has 2 aromatic carbocycles. The molecule has 0 saturated heterocycles. The second-order valence-electron chi connectivity index (χ2n) is 3.87. The van der Waals surface area contributed by atoms with Gasteiger partial charge >= 0.3 is 0 Å². The van der Waals surface area contributed by atoms with Crippen molar-refractivity contribution in [1.29, 1.82) is 0 Å². The van der Waals surface area contributed by atoms with Crippen molar-refractivity contribution in [2.75, 3.05) is 6.61 Å². The molecule has 2 aromatic rings. The van der Waals surface area contributed by atoms with E-state index in [2.05, 4.69) is 0 Å². The van der Waals surface area contributed by atoms with E-state index in [-0.39, 0.29) is 0 Å². The van der Waals surface area contributed by atoms with Gasteiger partial charge in [0.05, 0.1) is 12.2 Å². The van der Waals surface area contributed by atoms with Crippen LogP contribution in [0.5, 0.6) is 17.2 Å². The minimum atomic E-state index is 0.316. The summed E-state index contributed by atoms with van der Waals surface area (Å²) in [5, 5.41) is 0. The van der Waals surface area contributed by atoms with Crippen LogP contribution in [0.15, 0.2) is 48.5 Å². The fraction of sp³-hybridized carbons (Fsp3) is 0.133. The molecule has 2 N–H and O–H groups in total. The number of hydrogen-bond donors (Lipinski definition) is 1. The standard InChI is InChI=1S/C15H15NO2S/c1-2-17-11-6-5-7-12(10-11)18-14-9-4-3-8-13(14)15(16)19/h3-10H,2H2,1H3,(H2,16,19). The van der Waals surface area contributed by atoms with Crippen LogP contribution in [0.1, 0.15) is 12.5 Å². The summed E-state index contributed by atoms with van der Waals surface area (Å²) in [7, 11) is 0. The minimum Gasteiger partial charge on any atom is -0.494 e. The molecule has 98 valence electrons. The van der Waals surface area contributed by atoms with Crippen LogP contribution in [-0.4, -0.2) is 11.6 Å². The molecule has 0 bridgehead atoms. The summed E-state index contributed by atoms with van der Waals surface area (Å²) in [5.41, 5.74) is 6.39.